The van der Waals surface area contributed by atoms with Crippen molar-refractivity contribution in [2.24, 2.45) is 11.7 Å². The molecule has 0 bridgehead atoms. The molecule has 2 rings (SSSR count). The molecular weight excluding hydrogens is 260 g/mol. The summed E-state index contributed by atoms with van der Waals surface area (Å²) in [6.07, 6.45) is 5.44. The predicted molar refractivity (Wildman–Crippen MR) is 79.8 cm³/mol. The van der Waals surface area contributed by atoms with Crippen LogP contribution in [0.15, 0.2) is 18.2 Å². The molecule has 3 nitrogen and oxygen atoms in total. The fraction of sp³-hybridized carbons (Fsp3) is 0.600. The van der Waals surface area contributed by atoms with Crippen molar-refractivity contribution in [1.29, 1.82) is 0 Å². The molecule has 0 spiro atoms. The van der Waals surface area contributed by atoms with E-state index in [2.05, 4.69) is 5.32 Å². The lowest BCUT2D eigenvalue weighted by Gasteiger charge is -2.26. The summed E-state index contributed by atoms with van der Waals surface area (Å²) in [6, 6.07) is 6.03. The van der Waals surface area contributed by atoms with Crippen molar-refractivity contribution >= 4 is 11.6 Å². The molecule has 1 aliphatic carbocycles. The second-order valence-corrected chi connectivity index (χ2v) is 5.63. The van der Waals surface area contributed by atoms with E-state index in [4.69, 9.17) is 22.1 Å². The minimum Gasteiger partial charge on any atom is -0.495 e. The lowest BCUT2D eigenvalue weighted by molar-refractivity contribution is 0.288. The molecule has 1 aromatic rings. The van der Waals surface area contributed by atoms with Crippen molar-refractivity contribution < 1.29 is 4.74 Å². The zero-order valence-electron chi connectivity index (χ0n) is 11.5. The Morgan fingerprint density at radius 3 is 2.79 bits per heavy atom. The second-order valence-electron chi connectivity index (χ2n) is 5.22. The minimum atomic E-state index is 0.170. The fourth-order valence-corrected chi connectivity index (χ4v) is 2.75. The van der Waals surface area contributed by atoms with Crippen molar-refractivity contribution in [3.05, 3.63) is 28.8 Å². The number of rotatable bonds is 7. The number of halogens is 1. The molecule has 0 saturated heterocycles. The van der Waals surface area contributed by atoms with E-state index in [9.17, 15) is 0 Å². The van der Waals surface area contributed by atoms with E-state index in [-0.39, 0.29) is 6.04 Å². The quantitative estimate of drug-likeness (QED) is 0.808. The van der Waals surface area contributed by atoms with Gasteiger partial charge in [0.15, 0.2) is 0 Å². The van der Waals surface area contributed by atoms with Gasteiger partial charge in [-0.25, -0.2) is 0 Å². The SMILES string of the molecule is COc1ccc(C(CN)NCCC2CCC2)cc1Cl. The highest BCUT2D eigenvalue weighted by Crippen LogP contribution is 2.30. The van der Waals surface area contributed by atoms with Crippen molar-refractivity contribution in [3.63, 3.8) is 0 Å². The summed E-state index contributed by atoms with van der Waals surface area (Å²) in [7, 11) is 1.62. The van der Waals surface area contributed by atoms with Crippen molar-refractivity contribution in [2.45, 2.75) is 31.7 Å². The molecule has 0 aromatic heterocycles. The minimum absolute atomic E-state index is 0.170. The van der Waals surface area contributed by atoms with Gasteiger partial charge in [0, 0.05) is 12.6 Å². The molecule has 0 amide bonds. The van der Waals surface area contributed by atoms with E-state index < -0.39 is 0 Å². The molecule has 4 heteroatoms. The maximum Gasteiger partial charge on any atom is 0.137 e. The first-order valence-corrected chi connectivity index (χ1v) is 7.39. The first kappa shape index (κ1) is 14.6. The Kier molecular flexibility index (Phi) is 5.49. The van der Waals surface area contributed by atoms with Gasteiger partial charge in [-0.05, 0) is 36.6 Å². The summed E-state index contributed by atoms with van der Waals surface area (Å²) in [5.74, 6) is 1.63. The molecule has 19 heavy (non-hydrogen) atoms. The molecule has 1 saturated carbocycles. The topological polar surface area (TPSA) is 47.3 Å². The van der Waals surface area contributed by atoms with Crippen LogP contribution in [0.25, 0.3) is 0 Å². The van der Waals surface area contributed by atoms with E-state index >= 15 is 0 Å². The second kappa shape index (κ2) is 7.13. The Balaban J connectivity index is 1.90. The van der Waals surface area contributed by atoms with Gasteiger partial charge in [-0.1, -0.05) is 36.9 Å². The average Bonchev–Trinajstić information content (AvgIpc) is 2.37. The van der Waals surface area contributed by atoms with Crippen LogP contribution in [0.1, 0.15) is 37.3 Å². The van der Waals surface area contributed by atoms with E-state index in [0.717, 1.165) is 18.0 Å². The van der Waals surface area contributed by atoms with Crippen LogP contribution >= 0.6 is 11.6 Å². The normalized spacial score (nSPS) is 17.0. The summed E-state index contributed by atoms with van der Waals surface area (Å²) >= 11 is 6.15. The molecule has 1 aromatic carbocycles. The summed E-state index contributed by atoms with van der Waals surface area (Å²) in [6.45, 7) is 1.60. The Morgan fingerprint density at radius 1 is 1.47 bits per heavy atom. The molecule has 1 aliphatic rings. The average molecular weight is 283 g/mol. The monoisotopic (exact) mass is 282 g/mol. The van der Waals surface area contributed by atoms with Crippen molar-refractivity contribution in [3.8, 4) is 5.75 Å². The van der Waals surface area contributed by atoms with Gasteiger partial charge in [0.25, 0.3) is 0 Å². The maximum atomic E-state index is 6.15. The molecule has 1 atom stereocenters. The van der Waals surface area contributed by atoms with Crippen molar-refractivity contribution in [2.75, 3.05) is 20.2 Å². The lowest BCUT2D eigenvalue weighted by Crippen LogP contribution is -2.30. The Hall–Kier alpha value is -0.770. The van der Waals surface area contributed by atoms with E-state index in [1.807, 2.05) is 18.2 Å². The van der Waals surface area contributed by atoms with E-state index in [0.29, 0.717) is 17.3 Å². The molecule has 3 N–H and O–H groups in total. The Labute approximate surface area is 120 Å². The number of hydrogen-bond acceptors (Lipinski definition) is 3. The van der Waals surface area contributed by atoms with Crippen LogP contribution in [0.5, 0.6) is 5.75 Å². The highest BCUT2D eigenvalue weighted by molar-refractivity contribution is 6.32. The van der Waals surface area contributed by atoms with Crippen LogP contribution in [0, 0.1) is 5.92 Å². The molecule has 0 radical (unpaired) electrons. The van der Waals surface area contributed by atoms with Gasteiger partial charge in [0.05, 0.1) is 12.1 Å². The van der Waals surface area contributed by atoms with E-state index in [1.165, 1.54) is 25.7 Å². The van der Waals surface area contributed by atoms with Gasteiger partial charge in [-0.2, -0.15) is 0 Å². The number of hydrogen-bond donors (Lipinski definition) is 2. The summed E-state index contributed by atoms with van der Waals surface area (Å²) < 4.78 is 5.16. The largest absolute Gasteiger partial charge is 0.495 e. The summed E-state index contributed by atoms with van der Waals surface area (Å²) in [5, 5.41) is 4.16. The van der Waals surface area contributed by atoms with Crippen molar-refractivity contribution in [1.82, 2.24) is 5.32 Å². The Bertz CT molecular complexity index is 407. The highest BCUT2D eigenvalue weighted by Gasteiger charge is 2.17. The molecular formula is C15H23ClN2O. The third-order valence-corrected chi connectivity index (χ3v) is 4.28. The van der Waals surface area contributed by atoms with Gasteiger partial charge in [0.2, 0.25) is 0 Å². The highest BCUT2D eigenvalue weighted by atomic mass is 35.5. The summed E-state index contributed by atoms with van der Waals surface area (Å²) in [5.41, 5.74) is 6.98. The van der Waals surface area contributed by atoms with E-state index in [1.54, 1.807) is 7.11 Å². The molecule has 1 fully saturated rings. The predicted octanol–water partition coefficient (Wildman–Crippen LogP) is 3.13. The van der Waals surface area contributed by atoms with Crippen LogP contribution in [-0.4, -0.2) is 20.2 Å². The zero-order chi connectivity index (χ0) is 13.7. The molecule has 1 unspecified atom stereocenters. The third-order valence-electron chi connectivity index (χ3n) is 3.98. The van der Waals surface area contributed by atoms with Gasteiger partial charge in [-0.3, -0.25) is 0 Å². The van der Waals surface area contributed by atoms with Crippen LogP contribution in [0.2, 0.25) is 5.02 Å². The van der Waals surface area contributed by atoms with Crippen LogP contribution in [0.3, 0.4) is 0 Å². The third kappa shape index (κ3) is 3.85. The van der Waals surface area contributed by atoms with Gasteiger partial charge >= 0.3 is 0 Å². The van der Waals surface area contributed by atoms with Crippen LogP contribution in [0.4, 0.5) is 0 Å². The first-order valence-electron chi connectivity index (χ1n) is 7.01. The molecule has 106 valence electrons. The molecule has 0 heterocycles. The van der Waals surface area contributed by atoms with Crippen LogP contribution < -0.4 is 15.8 Å². The van der Waals surface area contributed by atoms with Gasteiger partial charge < -0.3 is 15.8 Å². The maximum absolute atomic E-state index is 6.15. The number of ether oxygens (including phenoxy) is 1. The fourth-order valence-electron chi connectivity index (χ4n) is 2.48. The standard InChI is InChI=1S/C15H23ClN2O/c1-19-15-6-5-12(9-13(15)16)14(10-17)18-8-7-11-3-2-4-11/h5-6,9,11,14,18H,2-4,7-8,10,17H2,1H3. The number of methoxy groups -OCH3 is 1. The van der Waals surface area contributed by atoms with Crippen LogP contribution in [-0.2, 0) is 0 Å². The zero-order valence-corrected chi connectivity index (χ0v) is 12.2. The number of benzene rings is 1. The number of nitrogens with two attached hydrogens (primary N) is 1. The lowest BCUT2D eigenvalue weighted by atomic mass is 9.83. The summed E-state index contributed by atoms with van der Waals surface area (Å²) in [4.78, 5) is 0. The van der Waals surface area contributed by atoms with Gasteiger partial charge in [0.1, 0.15) is 5.75 Å². The first-order chi connectivity index (χ1) is 9.24. The Morgan fingerprint density at radius 2 is 2.26 bits per heavy atom. The van der Waals surface area contributed by atoms with Gasteiger partial charge in [-0.15, -0.1) is 0 Å². The molecule has 0 aliphatic heterocycles. The smallest absolute Gasteiger partial charge is 0.137 e. The number of nitrogens with one attached hydrogen (secondary N) is 1.